The van der Waals surface area contributed by atoms with E-state index in [2.05, 4.69) is 62.6 Å². The van der Waals surface area contributed by atoms with Crippen LogP contribution in [-0.4, -0.2) is 17.3 Å². The van der Waals surface area contributed by atoms with Crippen molar-refractivity contribution in [1.29, 1.82) is 0 Å². The second-order valence-corrected chi connectivity index (χ2v) is 10.2. The Morgan fingerprint density at radius 1 is 1.03 bits per heavy atom. The zero-order valence-corrected chi connectivity index (χ0v) is 21.0. The fourth-order valence-electron chi connectivity index (χ4n) is 4.79. The lowest BCUT2D eigenvalue weighted by atomic mass is 9.86. The van der Waals surface area contributed by atoms with Gasteiger partial charge >= 0.3 is 0 Å². The highest BCUT2D eigenvalue weighted by Gasteiger charge is 2.25. The predicted molar refractivity (Wildman–Crippen MR) is 137 cm³/mol. The molecule has 1 aromatic heterocycles. The first-order valence-electron chi connectivity index (χ1n) is 12.2. The average molecular weight is 461 g/mol. The van der Waals surface area contributed by atoms with Gasteiger partial charge in [0.15, 0.2) is 11.5 Å². The minimum absolute atomic E-state index is 0.0657. The molecule has 0 bridgehead atoms. The van der Waals surface area contributed by atoms with E-state index in [0.29, 0.717) is 12.1 Å². The summed E-state index contributed by atoms with van der Waals surface area (Å²) in [6.07, 6.45) is 4.23. The molecular formula is C29H36N2O3. The van der Waals surface area contributed by atoms with Crippen LogP contribution in [0.5, 0.6) is 11.5 Å². The summed E-state index contributed by atoms with van der Waals surface area (Å²) in [6.45, 7) is 11.7. The third-order valence-corrected chi connectivity index (χ3v) is 6.71. The maximum Gasteiger partial charge on any atom is 0.251 e. The summed E-state index contributed by atoms with van der Waals surface area (Å²) in [5.74, 6) is 1.16. The largest absolute Gasteiger partial charge is 0.454 e. The van der Waals surface area contributed by atoms with Gasteiger partial charge in [0.05, 0.1) is 5.56 Å². The van der Waals surface area contributed by atoms with Crippen LogP contribution >= 0.6 is 0 Å². The number of hydrogen-bond acceptors (Lipinski definition) is 3. The van der Waals surface area contributed by atoms with Crippen molar-refractivity contribution in [3.63, 3.8) is 0 Å². The number of hydrogen-bond donors (Lipinski definition) is 1. The van der Waals surface area contributed by atoms with Gasteiger partial charge in [0.1, 0.15) is 0 Å². The minimum atomic E-state index is -0.381. The number of fused-ring (bicyclic) bond motifs is 1. The number of carbonyl (C=O) groups excluding carboxylic acids is 1. The lowest BCUT2D eigenvalue weighted by Gasteiger charge is -2.19. The minimum Gasteiger partial charge on any atom is -0.454 e. The summed E-state index contributed by atoms with van der Waals surface area (Å²) < 4.78 is 13.3. The van der Waals surface area contributed by atoms with Gasteiger partial charge in [-0.25, -0.2) is 0 Å². The van der Waals surface area contributed by atoms with E-state index in [1.165, 1.54) is 11.3 Å². The zero-order chi connectivity index (χ0) is 24.5. The molecule has 0 spiro atoms. The Kier molecular flexibility index (Phi) is 6.74. The molecule has 2 N–H and O–H groups in total. The van der Waals surface area contributed by atoms with E-state index in [1.54, 1.807) is 0 Å². The number of rotatable bonds is 8. The van der Waals surface area contributed by atoms with Gasteiger partial charge in [0.2, 0.25) is 6.79 Å². The van der Waals surface area contributed by atoms with E-state index in [4.69, 9.17) is 15.2 Å². The predicted octanol–water partition coefficient (Wildman–Crippen LogP) is 6.37. The van der Waals surface area contributed by atoms with Crippen LogP contribution in [0.2, 0.25) is 0 Å². The molecule has 0 aliphatic carbocycles. The van der Waals surface area contributed by atoms with Gasteiger partial charge in [-0.15, -0.1) is 0 Å². The molecule has 0 unspecified atom stereocenters. The highest BCUT2D eigenvalue weighted by Crippen LogP contribution is 2.37. The van der Waals surface area contributed by atoms with Crippen LogP contribution in [0.25, 0.3) is 11.1 Å². The summed E-state index contributed by atoms with van der Waals surface area (Å²) in [4.78, 5) is 12.7. The Balaban J connectivity index is 1.83. The smallest absolute Gasteiger partial charge is 0.251 e. The van der Waals surface area contributed by atoms with Gasteiger partial charge in [-0.1, -0.05) is 70.9 Å². The number of amides is 1. The van der Waals surface area contributed by atoms with Crippen molar-refractivity contribution in [2.24, 2.45) is 5.73 Å². The monoisotopic (exact) mass is 460 g/mol. The normalized spacial score (nSPS) is 12.9. The highest BCUT2D eigenvalue weighted by molar-refractivity contribution is 6.02. The van der Waals surface area contributed by atoms with Crippen LogP contribution < -0.4 is 15.2 Å². The summed E-state index contributed by atoms with van der Waals surface area (Å²) >= 11 is 0. The van der Waals surface area contributed by atoms with Crippen molar-refractivity contribution in [2.75, 3.05) is 6.79 Å². The Labute approximate surface area is 202 Å². The lowest BCUT2D eigenvalue weighted by molar-refractivity contribution is 0.1000. The average Bonchev–Trinajstić information content (AvgIpc) is 3.36. The first kappa shape index (κ1) is 23.9. The van der Waals surface area contributed by atoms with Crippen molar-refractivity contribution < 1.29 is 14.3 Å². The first-order valence-corrected chi connectivity index (χ1v) is 12.2. The third kappa shape index (κ3) is 4.70. The van der Waals surface area contributed by atoms with Crippen LogP contribution in [0.15, 0.2) is 42.5 Å². The highest BCUT2D eigenvalue weighted by atomic mass is 16.7. The van der Waals surface area contributed by atoms with Crippen LogP contribution in [0.1, 0.15) is 79.8 Å². The van der Waals surface area contributed by atoms with Crippen molar-refractivity contribution in [2.45, 2.75) is 72.3 Å². The van der Waals surface area contributed by atoms with Crippen molar-refractivity contribution in [1.82, 2.24) is 4.57 Å². The molecule has 2 heterocycles. The zero-order valence-electron chi connectivity index (χ0n) is 21.0. The van der Waals surface area contributed by atoms with E-state index in [9.17, 15) is 4.79 Å². The van der Waals surface area contributed by atoms with Gasteiger partial charge < -0.3 is 19.8 Å². The number of carbonyl (C=O) groups is 1. The summed E-state index contributed by atoms with van der Waals surface area (Å²) in [5.41, 5.74) is 13.1. The quantitative estimate of drug-likeness (QED) is 0.397. The van der Waals surface area contributed by atoms with E-state index < -0.39 is 0 Å². The molecule has 5 heteroatoms. The van der Waals surface area contributed by atoms with Crippen LogP contribution in [-0.2, 0) is 18.4 Å². The van der Waals surface area contributed by atoms with Gasteiger partial charge in [-0.3, -0.25) is 4.79 Å². The molecule has 34 heavy (non-hydrogen) atoms. The third-order valence-electron chi connectivity index (χ3n) is 6.71. The molecule has 2 aromatic carbocycles. The molecule has 0 saturated carbocycles. The second kappa shape index (κ2) is 9.57. The molecule has 0 saturated heterocycles. The maximum absolute atomic E-state index is 12.7. The van der Waals surface area contributed by atoms with Gasteiger partial charge in [-0.05, 0) is 54.0 Å². The molecule has 0 atom stereocenters. The van der Waals surface area contributed by atoms with Crippen molar-refractivity contribution >= 4 is 5.91 Å². The van der Waals surface area contributed by atoms with E-state index in [-0.39, 0.29) is 18.1 Å². The molecule has 0 radical (unpaired) electrons. The number of nitrogens with zero attached hydrogens (tertiary/aromatic N) is 1. The molecule has 3 aromatic rings. The summed E-state index contributed by atoms with van der Waals surface area (Å²) in [6, 6.07) is 14.6. The number of primary amides is 1. The van der Waals surface area contributed by atoms with Crippen LogP contribution in [0, 0.1) is 6.92 Å². The summed E-state index contributed by atoms with van der Waals surface area (Å²) in [7, 11) is 0. The SMILES string of the molecule is CCCCCc1c(-c2ccc(C(C)(C)C)cc2)c(C(N)=O)c(C)n1Cc1ccc2c(c1)OCO2. The second-order valence-electron chi connectivity index (χ2n) is 10.2. The Morgan fingerprint density at radius 2 is 1.74 bits per heavy atom. The topological polar surface area (TPSA) is 66.5 Å². The Morgan fingerprint density at radius 3 is 2.38 bits per heavy atom. The lowest BCUT2D eigenvalue weighted by Crippen LogP contribution is -2.14. The fraction of sp³-hybridized carbons (Fsp3) is 0.414. The van der Waals surface area contributed by atoms with E-state index >= 15 is 0 Å². The number of ether oxygens (including phenoxy) is 2. The van der Waals surface area contributed by atoms with Crippen molar-refractivity contribution in [3.05, 3.63) is 70.5 Å². The van der Waals surface area contributed by atoms with E-state index in [1.807, 2.05) is 19.1 Å². The Hall–Kier alpha value is -3.21. The number of unbranched alkanes of at least 4 members (excludes halogenated alkanes) is 2. The molecule has 0 fully saturated rings. The van der Waals surface area contributed by atoms with Gasteiger partial charge in [0, 0.05) is 23.5 Å². The molecule has 1 aliphatic heterocycles. The number of nitrogens with two attached hydrogens (primary N) is 1. The van der Waals surface area contributed by atoms with Gasteiger partial charge in [-0.2, -0.15) is 0 Å². The van der Waals surface area contributed by atoms with Gasteiger partial charge in [0.25, 0.3) is 5.91 Å². The number of aromatic nitrogens is 1. The molecule has 1 amide bonds. The van der Waals surface area contributed by atoms with Crippen molar-refractivity contribution in [3.8, 4) is 22.6 Å². The number of benzene rings is 2. The molecule has 5 nitrogen and oxygen atoms in total. The van der Waals surface area contributed by atoms with Crippen LogP contribution in [0.4, 0.5) is 0 Å². The molecule has 1 aliphatic rings. The summed E-state index contributed by atoms with van der Waals surface area (Å²) in [5, 5.41) is 0. The standard InChI is InChI=1S/C29H36N2O3/c1-6-7-8-9-23-27(21-11-13-22(14-12-21)29(3,4)5)26(28(30)32)19(2)31(23)17-20-10-15-24-25(16-20)34-18-33-24/h10-16H,6-9,17-18H2,1-5H3,(H2,30,32). The molecule has 180 valence electrons. The first-order chi connectivity index (χ1) is 16.2. The van der Waals surface area contributed by atoms with Crippen LogP contribution in [0.3, 0.4) is 0 Å². The maximum atomic E-state index is 12.7. The fourth-order valence-corrected chi connectivity index (χ4v) is 4.79. The molecule has 4 rings (SSSR count). The Bertz CT molecular complexity index is 1180. The molecular weight excluding hydrogens is 424 g/mol. The van der Waals surface area contributed by atoms with E-state index in [0.717, 1.165) is 59.6 Å².